The van der Waals surface area contributed by atoms with Gasteiger partial charge in [-0.3, -0.25) is 0 Å². The number of carbonyl (C=O) groups is 1. The first-order chi connectivity index (χ1) is 5.75. The summed E-state index contributed by atoms with van der Waals surface area (Å²) in [4.78, 5) is 13.1. The summed E-state index contributed by atoms with van der Waals surface area (Å²) in [6.07, 6.45) is 4.83. The predicted octanol–water partition coefficient (Wildman–Crippen LogP) is 1.61. The highest BCUT2D eigenvalue weighted by Gasteiger charge is 2.23. The molecule has 1 rings (SSSR count). The first-order valence-electron chi connectivity index (χ1n) is 4.70. The van der Waals surface area contributed by atoms with Crippen molar-refractivity contribution < 1.29 is 4.79 Å². The fourth-order valence-corrected chi connectivity index (χ4v) is 1.69. The molecule has 12 heavy (non-hydrogen) atoms. The first kappa shape index (κ1) is 9.36. The Labute approximate surface area is 74.1 Å². The zero-order valence-corrected chi connectivity index (χ0v) is 7.92. The minimum atomic E-state index is -0.0515. The van der Waals surface area contributed by atoms with E-state index in [0.717, 1.165) is 12.8 Å². The summed E-state index contributed by atoms with van der Waals surface area (Å²) < 4.78 is 0. The van der Waals surface area contributed by atoms with Gasteiger partial charge in [0.15, 0.2) is 0 Å². The molecule has 1 fully saturated rings. The van der Waals surface area contributed by atoms with Crippen LogP contribution in [0.4, 0.5) is 4.79 Å². The molecule has 0 bridgehead atoms. The molecule has 0 aliphatic heterocycles. The quantitative estimate of drug-likeness (QED) is 0.618. The number of carbonyl (C=O) groups excluding carboxylic acids is 1. The Kier molecular flexibility index (Phi) is 3.38. The number of rotatable bonds is 2. The second-order valence-corrected chi connectivity index (χ2v) is 3.31. The third kappa shape index (κ3) is 2.13. The summed E-state index contributed by atoms with van der Waals surface area (Å²) in [7, 11) is 1.86. The van der Waals surface area contributed by atoms with Gasteiger partial charge in [-0.2, -0.15) is 0 Å². The Hall–Kier alpha value is -0.730. The van der Waals surface area contributed by atoms with Crippen molar-refractivity contribution in [3.63, 3.8) is 0 Å². The predicted molar refractivity (Wildman–Crippen MR) is 48.1 cm³/mol. The SMILES string of the molecule is CC[N]C(=O)N(C)C1CCCC1. The Morgan fingerprint density at radius 1 is 1.50 bits per heavy atom. The van der Waals surface area contributed by atoms with Gasteiger partial charge in [-0.25, -0.2) is 10.1 Å². The molecular weight excluding hydrogens is 152 g/mol. The minimum absolute atomic E-state index is 0.0515. The van der Waals surface area contributed by atoms with Gasteiger partial charge in [0.25, 0.3) is 0 Å². The van der Waals surface area contributed by atoms with Crippen molar-refractivity contribution in [3.8, 4) is 0 Å². The topological polar surface area (TPSA) is 34.4 Å². The van der Waals surface area contributed by atoms with E-state index in [1.165, 1.54) is 12.8 Å². The van der Waals surface area contributed by atoms with Crippen LogP contribution in [0.25, 0.3) is 0 Å². The second-order valence-electron chi connectivity index (χ2n) is 3.31. The molecule has 0 saturated heterocycles. The van der Waals surface area contributed by atoms with Crippen LogP contribution in [0.5, 0.6) is 0 Å². The Balaban J connectivity index is 2.34. The van der Waals surface area contributed by atoms with Crippen LogP contribution in [0.15, 0.2) is 0 Å². The lowest BCUT2D eigenvalue weighted by molar-refractivity contribution is 0.190. The van der Waals surface area contributed by atoms with E-state index in [4.69, 9.17) is 0 Å². The molecule has 0 atom stereocenters. The standard InChI is InChI=1S/C9H17N2O/c1-3-10-9(12)11(2)8-6-4-5-7-8/h8H,3-7H2,1-2H3. The fourth-order valence-electron chi connectivity index (χ4n) is 1.69. The van der Waals surface area contributed by atoms with Gasteiger partial charge in [0, 0.05) is 19.6 Å². The Morgan fingerprint density at radius 3 is 2.58 bits per heavy atom. The van der Waals surface area contributed by atoms with E-state index in [2.05, 4.69) is 5.32 Å². The lowest BCUT2D eigenvalue weighted by Crippen LogP contribution is -2.39. The van der Waals surface area contributed by atoms with Gasteiger partial charge < -0.3 is 4.90 Å². The average molecular weight is 169 g/mol. The maximum atomic E-state index is 11.3. The van der Waals surface area contributed by atoms with Crippen molar-refractivity contribution >= 4 is 6.03 Å². The first-order valence-corrected chi connectivity index (χ1v) is 4.70. The maximum Gasteiger partial charge on any atom is 0.338 e. The molecule has 1 aliphatic carbocycles. The lowest BCUT2D eigenvalue weighted by atomic mass is 10.2. The van der Waals surface area contributed by atoms with Gasteiger partial charge in [0.2, 0.25) is 0 Å². The molecule has 0 unspecified atom stereocenters. The molecule has 0 N–H and O–H groups in total. The molecule has 69 valence electrons. The van der Waals surface area contributed by atoms with Crippen LogP contribution in [-0.2, 0) is 0 Å². The second kappa shape index (κ2) is 4.33. The van der Waals surface area contributed by atoms with E-state index in [0.29, 0.717) is 12.6 Å². The average Bonchev–Trinajstić information content (AvgIpc) is 2.55. The maximum absolute atomic E-state index is 11.3. The normalized spacial score (nSPS) is 17.8. The molecule has 0 aromatic heterocycles. The zero-order chi connectivity index (χ0) is 8.97. The highest BCUT2D eigenvalue weighted by atomic mass is 16.2. The van der Waals surface area contributed by atoms with E-state index in [1.54, 1.807) is 4.90 Å². The largest absolute Gasteiger partial charge is 0.338 e. The summed E-state index contributed by atoms with van der Waals surface area (Å²) in [6, 6.07) is 0.400. The van der Waals surface area contributed by atoms with Crippen LogP contribution in [0.3, 0.4) is 0 Å². The molecule has 0 aromatic rings. The summed E-state index contributed by atoms with van der Waals surface area (Å²) >= 11 is 0. The molecule has 2 amide bonds. The van der Waals surface area contributed by atoms with Crippen LogP contribution < -0.4 is 5.32 Å². The van der Waals surface area contributed by atoms with Gasteiger partial charge in [-0.15, -0.1) is 0 Å². The molecular formula is C9H17N2O. The zero-order valence-electron chi connectivity index (χ0n) is 7.92. The minimum Gasteiger partial charge on any atom is -0.323 e. The van der Waals surface area contributed by atoms with Crippen molar-refractivity contribution in [1.29, 1.82) is 0 Å². The van der Waals surface area contributed by atoms with Crippen molar-refractivity contribution in [2.24, 2.45) is 0 Å². The highest BCUT2D eigenvalue weighted by molar-refractivity contribution is 5.73. The molecule has 1 saturated carbocycles. The summed E-state index contributed by atoms with van der Waals surface area (Å²) in [5.41, 5.74) is 0. The third-order valence-corrected chi connectivity index (χ3v) is 2.47. The molecule has 1 aliphatic rings. The molecule has 0 spiro atoms. The Bertz CT molecular complexity index is 153. The van der Waals surface area contributed by atoms with Crippen molar-refractivity contribution in [2.45, 2.75) is 38.6 Å². The number of hydrogen-bond acceptors (Lipinski definition) is 1. The Morgan fingerprint density at radius 2 is 2.08 bits per heavy atom. The van der Waals surface area contributed by atoms with E-state index in [1.807, 2.05) is 14.0 Å². The summed E-state index contributed by atoms with van der Waals surface area (Å²) in [5, 5.41) is 3.86. The van der Waals surface area contributed by atoms with E-state index in [-0.39, 0.29) is 6.03 Å². The monoisotopic (exact) mass is 169 g/mol. The number of hydrogen-bond donors (Lipinski definition) is 0. The number of amides is 2. The van der Waals surface area contributed by atoms with E-state index < -0.39 is 0 Å². The van der Waals surface area contributed by atoms with Crippen LogP contribution in [0.2, 0.25) is 0 Å². The molecule has 0 heterocycles. The summed E-state index contributed by atoms with van der Waals surface area (Å²) in [5.74, 6) is 0. The molecule has 1 radical (unpaired) electrons. The van der Waals surface area contributed by atoms with Crippen LogP contribution in [0, 0.1) is 0 Å². The van der Waals surface area contributed by atoms with Crippen LogP contribution in [-0.4, -0.2) is 30.6 Å². The van der Waals surface area contributed by atoms with E-state index >= 15 is 0 Å². The van der Waals surface area contributed by atoms with Gasteiger partial charge in [0.05, 0.1) is 0 Å². The lowest BCUT2D eigenvalue weighted by Gasteiger charge is -2.22. The van der Waals surface area contributed by atoms with E-state index in [9.17, 15) is 4.79 Å². The fraction of sp³-hybridized carbons (Fsp3) is 0.889. The highest BCUT2D eigenvalue weighted by Crippen LogP contribution is 2.22. The third-order valence-electron chi connectivity index (χ3n) is 2.47. The number of nitrogens with zero attached hydrogens (tertiary/aromatic N) is 2. The van der Waals surface area contributed by atoms with Crippen molar-refractivity contribution in [2.75, 3.05) is 13.6 Å². The smallest absolute Gasteiger partial charge is 0.323 e. The van der Waals surface area contributed by atoms with Gasteiger partial charge in [0.1, 0.15) is 0 Å². The van der Waals surface area contributed by atoms with Crippen molar-refractivity contribution in [3.05, 3.63) is 0 Å². The van der Waals surface area contributed by atoms with Crippen LogP contribution >= 0.6 is 0 Å². The van der Waals surface area contributed by atoms with Gasteiger partial charge in [-0.05, 0) is 19.8 Å². The molecule has 3 nitrogen and oxygen atoms in total. The van der Waals surface area contributed by atoms with Crippen molar-refractivity contribution in [1.82, 2.24) is 10.2 Å². The molecule has 3 heteroatoms. The van der Waals surface area contributed by atoms with Gasteiger partial charge >= 0.3 is 6.03 Å². The van der Waals surface area contributed by atoms with Crippen LogP contribution in [0.1, 0.15) is 32.6 Å². The number of urea groups is 1. The molecule has 0 aromatic carbocycles. The summed E-state index contributed by atoms with van der Waals surface area (Å²) in [6.45, 7) is 2.48. The van der Waals surface area contributed by atoms with Gasteiger partial charge in [-0.1, -0.05) is 12.8 Å².